The van der Waals surface area contributed by atoms with E-state index in [1.165, 1.54) is 6.07 Å². The van der Waals surface area contributed by atoms with Crippen molar-refractivity contribution in [1.82, 2.24) is 25.4 Å². The molecule has 1 saturated carbocycles. The number of nitrogens with zero attached hydrogens (tertiary/aromatic N) is 4. The van der Waals surface area contributed by atoms with Crippen molar-refractivity contribution in [2.24, 2.45) is 4.99 Å². The number of fused-ring (bicyclic) bond motifs is 1. The quantitative estimate of drug-likeness (QED) is 0.606. The molecule has 150 valence electrons. The van der Waals surface area contributed by atoms with Crippen molar-refractivity contribution in [3.8, 4) is 0 Å². The fourth-order valence-electron chi connectivity index (χ4n) is 3.77. The van der Waals surface area contributed by atoms with Gasteiger partial charge in [0.2, 0.25) is 0 Å². The molecule has 0 spiro atoms. The monoisotopic (exact) mass is 404 g/mol. The van der Waals surface area contributed by atoms with E-state index < -0.39 is 0 Å². The van der Waals surface area contributed by atoms with E-state index in [-0.39, 0.29) is 23.8 Å². The third-order valence-electron chi connectivity index (χ3n) is 5.44. The zero-order valence-corrected chi connectivity index (χ0v) is 17.2. The molecule has 3 unspecified atom stereocenters. The first kappa shape index (κ1) is 19.2. The molecule has 1 aromatic carbocycles. The van der Waals surface area contributed by atoms with Crippen LogP contribution in [0.1, 0.15) is 55.7 Å². The Hall–Kier alpha value is -2.15. The fraction of sp³-hybridized carbons (Fsp3) is 0.550. The number of benzene rings is 1. The molecule has 2 aromatic rings. The van der Waals surface area contributed by atoms with Gasteiger partial charge in [-0.3, -0.25) is 4.99 Å². The summed E-state index contributed by atoms with van der Waals surface area (Å²) in [6.45, 7) is 4.98. The second-order valence-electron chi connectivity index (χ2n) is 7.90. The SMILES string of the molecule is CN=C(NC1CCc2nc(C(C)C)nn2C1)NC1CC1c1c(F)cccc1Cl. The first-order chi connectivity index (χ1) is 13.5. The number of rotatable bonds is 4. The molecule has 0 saturated heterocycles. The molecular weight excluding hydrogens is 379 g/mol. The van der Waals surface area contributed by atoms with Crippen LogP contribution >= 0.6 is 11.6 Å². The number of guanidine groups is 1. The Labute approximate surface area is 169 Å². The number of nitrogens with one attached hydrogen (secondary N) is 2. The average Bonchev–Trinajstić information content (AvgIpc) is 3.25. The Morgan fingerprint density at radius 3 is 2.89 bits per heavy atom. The first-order valence-electron chi connectivity index (χ1n) is 9.83. The van der Waals surface area contributed by atoms with Crippen LogP contribution in [0.5, 0.6) is 0 Å². The minimum absolute atomic E-state index is 0.0779. The van der Waals surface area contributed by atoms with Crippen LogP contribution in [0.2, 0.25) is 5.02 Å². The van der Waals surface area contributed by atoms with Crippen LogP contribution in [0, 0.1) is 5.82 Å². The normalized spacial score (nSPS) is 24.2. The van der Waals surface area contributed by atoms with Gasteiger partial charge in [0.15, 0.2) is 11.8 Å². The molecule has 1 aliphatic heterocycles. The number of aryl methyl sites for hydroxylation is 1. The number of aromatic nitrogens is 3. The van der Waals surface area contributed by atoms with Crippen molar-refractivity contribution < 1.29 is 4.39 Å². The summed E-state index contributed by atoms with van der Waals surface area (Å²) in [6, 6.07) is 5.21. The van der Waals surface area contributed by atoms with E-state index in [1.807, 2.05) is 4.68 Å². The summed E-state index contributed by atoms with van der Waals surface area (Å²) in [6.07, 6.45) is 2.71. The molecule has 1 aliphatic carbocycles. The highest BCUT2D eigenvalue weighted by atomic mass is 35.5. The highest BCUT2D eigenvalue weighted by Crippen LogP contribution is 2.44. The lowest BCUT2D eigenvalue weighted by Gasteiger charge is -2.25. The fourth-order valence-corrected chi connectivity index (χ4v) is 4.07. The third kappa shape index (κ3) is 3.85. The van der Waals surface area contributed by atoms with Gasteiger partial charge < -0.3 is 10.6 Å². The topological polar surface area (TPSA) is 67.1 Å². The van der Waals surface area contributed by atoms with Crippen molar-refractivity contribution in [3.63, 3.8) is 0 Å². The molecule has 0 bridgehead atoms. The lowest BCUT2D eigenvalue weighted by Crippen LogP contribution is -2.47. The standard InChI is InChI=1S/C20H26ClFN6/c1-11(2)19-26-17-8-7-12(10-28(17)27-19)24-20(23-3)25-16-9-13(16)18-14(21)5-4-6-15(18)22/h4-6,11-13,16H,7-10H2,1-3H3,(H2,23,24,25). The Bertz CT molecular complexity index is 873. The summed E-state index contributed by atoms with van der Waals surface area (Å²) in [5.41, 5.74) is 0.600. The lowest BCUT2D eigenvalue weighted by molar-refractivity contribution is 0.391. The van der Waals surface area contributed by atoms with E-state index in [1.54, 1.807) is 19.2 Å². The van der Waals surface area contributed by atoms with E-state index in [2.05, 4.69) is 39.6 Å². The molecule has 28 heavy (non-hydrogen) atoms. The van der Waals surface area contributed by atoms with Gasteiger partial charge in [-0.05, 0) is 25.0 Å². The molecular formula is C20H26ClFN6. The van der Waals surface area contributed by atoms with E-state index in [0.29, 0.717) is 16.5 Å². The Morgan fingerprint density at radius 2 is 2.18 bits per heavy atom. The Balaban J connectivity index is 1.36. The summed E-state index contributed by atoms with van der Waals surface area (Å²) in [7, 11) is 1.75. The smallest absolute Gasteiger partial charge is 0.191 e. The predicted octanol–water partition coefficient (Wildman–Crippen LogP) is 3.23. The first-order valence-corrected chi connectivity index (χ1v) is 10.2. The molecule has 2 aliphatic rings. The molecule has 4 rings (SSSR count). The van der Waals surface area contributed by atoms with Gasteiger partial charge in [-0.15, -0.1) is 0 Å². The third-order valence-corrected chi connectivity index (χ3v) is 5.77. The second kappa shape index (κ2) is 7.70. The summed E-state index contributed by atoms with van der Waals surface area (Å²) in [4.78, 5) is 8.98. The maximum absolute atomic E-state index is 14.1. The zero-order valence-electron chi connectivity index (χ0n) is 16.4. The van der Waals surface area contributed by atoms with Gasteiger partial charge in [-0.1, -0.05) is 31.5 Å². The van der Waals surface area contributed by atoms with Gasteiger partial charge in [-0.2, -0.15) is 5.10 Å². The van der Waals surface area contributed by atoms with Gasteiger partial charge in [0.05, 0.1) is 6.54 Å². The zero-order chi connectivity index (χ0) is 19.8. The van der Waals surface area contributed by atoms with Crippen molar-refractivity contribution in [2.45, 2.75) is 63.6 Å². The van der Waals surface area contributed by atoms with Crippen LogP contribution in [-0.2, 0) is 13.0 Å². The predicted molar refractivity (Wildman–Crippen MR) is 108 cm³/mol. The molecule has 0 radical (unpaired) electrons. The van der Waals surface area contributed by atoms with E-state index >= 15 is 0 Å². The lowest BCUT2D eigenvalue weighted by atomic mass is 10.1. The molecule has 6 nitrogen and oxygen atoms in total. The molecule has 1 fully saturated rings. The van der Waals surface area contributed by atoms with E-state index in [4.69, 9.17) is 11.6 Å². The van der Waals surface area contributed by atoms with E-state index in [0.717, 1.165) is 43.4 Å². The number of hydrogen-bond acceptors (Lipinski definition) is 3. The van der Waals surface area contributed by atoms with Crippen molar-refractivity contribution in [1.29, 1.82) is 0 Å². The molecule has 1 aromatic heterocycles. The van der Waals surface area contributed by atoms with Crippen LogP contribution in [0.15, 0.2) is 23.2 Å². The maximum Gasteiger partial charge on any atom is 0.191 e. The number of aliphatic imine (C=N–C) groups is 1. The van der Waals surface area contributed by atoms with Crippen molar-refractivity contribution in [3.05, 3.63) is 46.3 Å². The van der Waals surface area contributed by atoms with Gasteiger partial charge >= 0.3 is 0 Å². The van der Waals surface area contributed by atoms with Gasteiger partial charge in [0.25, 0.3) is 0 Å². The van der Waals surface area contributed by atoms with Crippen LogP contribution in [0.25, 0.3) is 0 Å². The van der Waals surface area contributed by atoms with E-state index in [9.17, 15) is 4.39 Å². The summed E-state index contributed by atoms with van der Waals surface area (Å²) < 4.78 is 16.1. The summed E-state index contributed by atoms with van der Waals surface area (Å²) >= 11 is 6.20. The van der Waals surface area contributed by atoms with Crippen LogP contribution in [0.4, 0.5) is 4.39 Å². The molecule has 2 heterocycles. The number of hydrogen-bond donors (Lipinski definition) is 2. The minimum atomic E-state index is -0.239. The van der Waals surface area contributed by atoms with Gasteiger partial charge in [-0.25, -0.2) is 14.1 Å². The van der Waals surface area contributed by atoms with Crippen molar-refractivity contribution >= 4 is 17.6 Å². The molecule has 0 amide bonds. The van der Waals surface area contributed by atoms with Gasteiger partial charge in [0.1, 0.15) is 11.6 Å². The van der Waals surface area contributed by atoms with Crippen LogP contribution < -0.4 is 10.6 Å². The molecule has 3 atom stereocenters. The second-order valence-corrected chi connectivity index (χ2v) is 8.31. The molecule has 2 N–H and O–H groups in total. The highest BCUT2D eigenvalue weighted by molar-refractivity contribution is 6.31. The highest BCUT2D eigenvalue weighted by Gasteiger charge is 2.42. The average molecular weight is 405 g/mol. The summed E-state index contributed by atoms with van der Waals surface area (Å²) in [5.74, 6) is 2.86. The summed E-state index contributed by atoms with van der Waals surface area (Å²) in [5, 5.41) is 12.0. The van der Waals surface area contributed by atoms with Crippen LogP contribution in [0.3, 0.4) is 0 Å². The maximum atomic E-state index is 14.1. The van der Waals surface area contributed by atoms with Crippen molar-refractivity contribution in [2.75, 3.05) is 7.05 Å². The largest absolute Gasteiger partial charge is 0.353 e. The van der Waals surface area contributed by atoms with Crippen LogP contribution in [-0.4, -0.2) is 39.9 Å². The Kier molecular flexibility index (Phi) is 5.27. The number of halogens is 2. The minimum Gasteiger partial charge on any atom is -0.353 e. The Morgan fingerprint density at radius 1 is 1.36 bits per heavy atom. The molecule has 8 heteroatoms. The van der Waals surface area contributed by atoms with Gasteiger partial charge in [0, 0.05) is 48.0 Å².